The van der Waals surface area contributed by atoms with E-state index >= 15 is 0 Å². The summed E-state index contributed by atoms with van der Waals surface area (Å²) in [5, 5.41) is 4.18. The Morgan fingerprint density at radius 2 is 1.85 bits per heavy atom. The monoisotopic (exact) mass is 343 g/mol. The number of nitrogens with zero attached hydrogens (tertiary/aromatic N) is 2. The van der Waals surface area contributed by atoms with Gasteiger partial charge >= 0.3 is 0 Å². The minimum atomic E-state index is -0.653. The van der Waals surface area contributed by atoms with Crippen molar-refractivity contribution in [1.29, 1.82) is 0 Å². The van der Waals surface area contributed by atoms with Gasteiger partial charge in [0.15, 0.2) is 0 Å². The minimum absolute atomic E-state index is 0.129. The summed E-state index contributed by atoms with van der Waals surface area (Å²) in [6, 6.07) is 2.45. The van der Waals surface area contributed by atoms with Gasteiger partial charge in [-0.15, -0.1) is 0 Å². The molecule has 0 amide bonds. The number of nitrogen functional groups attached to an aromatic ring is 1. The van der Waals surface area contributed by atoms with Crippen LogP contribution < -0.4 is 5.73 Å². The van der Waals surface area contributed by atoms with Crippen LogP contribution in [0.3, 0.4) is 0 Å². The number of nitrogens with two attached hydrogens (primary N) is 1. The lowest BCUT2D eigenvalue weighted by molar-refractivity contribution is 0.585. The molecule has 2 N–H and O–H groups in total. The summed E-state index contributed by atoms with van der Waals surface area (Å²) in [5.74, 6) is -0.558. The molecular weight excluding hydrogens is 328 g/mol. The fourth-order valence-electron chi connectivity index (χ4n) is 2.16. The molecule has 2 rings (SSSR count). The highest BCUT2D eigenvalue weighted by Crippen LogP contribution is 2.33. The molecule has 0 radical (unpaired) electrons. The van der Waals surface area contributed by atoms with Crippen LogP contribution in [-0.4, -0.2) is 9.78 Å². The van der Waals surface area contributed by atoms with Gasteiger partial charge in [0.25, 0.3) is 0 Å². The SMILES string of the molecule is CC(C)Cc1c(-c2c(F)cc(Br)cc2F)nn(C)c1N. The van der Waals surface area contributed by atoms with E-state index in [9.17, 15) is 8.78 Å². The Morgan fingerprint density at radius 3 is 2.35 bits per heavy atom. The molecule has 0 fully saturated rings. The van der Waals surface area contributed by atoms with Crippen LogP contribution in [0.25, 0.3) is 11.3 Å². The quantitative estimate of drug-likeness (QED) is 0.918. The van der Waals surface area contributed by atoms with Gasteiger partial charge in [-0.1, -0.05) is 29.8 Å². The van der Waals surface area contributed by atoms with Crippen LogP contribution in [0.5, 0.6) is 0 Å². The van der Waals surface area contributed by atoms with Crippen LogP contribution in [0.2, 0.25) is 0 Å². The molecule has 0 atom stereocenters. The predicted molar refractivity (Wildman–Crippen MR) is 79.2 cm³/mol. The van der Waals surface area contributed by atoms with E-state index in [2.05, 4.69) is 21.0 Å². The Morgan fingerprint density at radius 1 is 1.30 bits per heavy atom. The number of anilines is 1. The number of halogens is 3. The standard InChI is InChI=1S/C14H16BrF2N3/c1-7(2)4-9-13(19-20(3)14(9)18)12-10(16)5-8(15)6-11(12)17/h5-7H,4,18H2,1-3H3. The number of hydrogen-bond acceptors (Lipinski definition) is 2. The average Bonchev–Trinajstić information content (AvgIpc) is 2.56. The summed E-state index contributed by atoms with van der Waals surface area (Å²) in [4.78, 5) is 0. The van der Waals surface area contributed by atoms with Crippen molar-refractivity contribution in [3.05, 3.63) is 33.8 Å². The Labute approximate surface area is 124 Å². The molecule has 1 aromatic carbocycles. The van der Waals surface area contributed by atoms with Crippen LogP contribution >= 0.6 is 15.9 Å². The first-order valence-electron chi connectivity index (χ1n) is 6.27. The van der Waals surface area contributed by atoms with Crippen molar-refractivity contribution in [2.24, 2.45) is 13.0 Å². The number of aromatic nitrogens is 2. The first-order chi connectivity index (χ1) is 9.31. The number of hydrogen-bond donors (Lipinski definition) is 1. The summed E-state index contributed by atoms with van der Waals surface area (Å²) in [5.41, 5.74) is 6.80. The van der Waals surface area contributed by atoms with Crippen LogP contribution in [0.4, 0.5) is 14.6 Å². The predicted octanol–water partition coefficient (Wildman–Crippen LogP) is 3.91. The third-order valence-electron chi connectivity index (χ3n) is 3.05. The van der Waals surface area contributed by atoms with Gasteiger partial charge in [-0.25, -0.2) is 8.78 Å². The molecule has 6 heteroatoms. The fraction of sp³-hybridized carbons (Fsp3) is 0.357. The van der Waals surface area contributed by atoms with Crippen LogP contribution in [0.15, 0.2) is 16.6 Å². The molecule has 0 unspecified atom stereocenters. The molecule has 0 saturated carbocycles. The number of benzene rings is 1. The van der Waals surface area contributed by atoms with E-state index in [0.717, 1.165) is 0 Å². The second-order valence-electron chi connectivity index (χ2n) is 5.18. The molecule has 20 heavy (non-hydrogen) atoms. The first kappa shape index (κ1) is 15.0. The molecule has 0 aliphatic rings. The normalized spacial score (nSPS) is 11.3. The van der Waals surface area contributed by atoms with E-state index in [4.69, 9.17) is 5.73 Å². The largest absolute Gasteiger partial charge is 0.384 e. The number of rotatable bonds is 3. The summed E-state index contributed by atoms with van der Waals surface area (Å²) in [7, 11) is 1.66. The Bertz CT molecular complexity index is 627. The molecule has 0 aliphatic heterocycles. The third-order valence-corrected chi connectivity index (χ3v) is 3.51. The molecule has 0 spiro atoms. The van der Waals surface area contributed by atoms with Crippen molar-refractivity contribution in [3.8, 4) is 11.3 Å². The van der Waals surface area contributed by atoms with Crippen LogP contribution in [0, 0.1) is 17.6 Å². The third kappa shape index (κ3) is 2.70. The lowest BCUT2D eigenvalue weighted by atomic mass is 9.98. The average molecular weight is 344 g/mol. The van der Waals surface area contributed by atoms with Crippen molar-refractivity contribution in [1.82, 2.24) is 9.78 Å². The molecule has 2 aromatic rings. The Hall–Kier alpha value is -1.43. The molecule has 0 aliphatic carbocycles. The Kier molecular flexibility index (Phi) is 4.13. The van der Waals surface area contributed by atoms with Gasteiger partial charge in [0.2, 0.25) is 0 Å². The van der Waals surface area contributed by atoms with E-state index < -0.39 is 11.6 Å². The summed E-state index contributed by atoms with van der Waals surface area (Å²) < 4.78 is 30.0. The van der Waals surface area contributed by atoms with E-state index in [-0.39, 0.29) is 11.3 Å². The van der Waals surface area contributed by atoms with Crippen molar-refractivity contribution in [3.63, 3.8) is 0 Å². The zero-order valence-electron chi connectivity index (χ0n) is 11.5. The van der Waals surface area contributed by atoms with Gasteiger partial charge in [-0.2, -0.15) is 5.10 Å². The van der Waals surface area contributed by atoms with Crippen molar-refractivity contribution < 1.29 is 8.78 Å². The van der Waals surface area contributed by atoms with Crippen molar-refractivity contribution in [2.45, 2.75) is 20.3 Å². The Balaban J connectivity index is 2.67. The maximum atomic E-state index is 14.1. The van der Waals surface area contributed by atoms with E-state index in [0.29, 0.717) is 28.2 Å². The highest BCUT2D eigenvalue weighted by molar-refractivity contribution is 9.10. The van der Waals surface area contributed by atoms with E-state index in [1.807, 2.05) is 13.8 Å². The maximum absolute atomic E-state index is 14.1. The van der Waals surface area contributed by atoms with Gasteiger partial charge < -0.3 is 5.73 Å². The molecule has 1 heterocycles. The molecule has 1 aromatic heterocycles. The lowest BCUT2D eigenvalue weighted by Gasteiger charge is -2.08. The highest BCUT2D eigenvalue weighted by Gasteiger charge is 2.22. The van der Waals surface area contributed by atoms with Gasteiger partial charge in [0.05, 0.1) is 5.56 Å². The first-order valence-corrected chi connectivity index (χ1v) is 7.06. The second kappa shape index (κ2) is 5.52. The second-order valence-corrected chi connectivity index (χ2v) is 6.09. The molecule has 3 nitrogen and oxygen atoms in total. The lowest BCUT2D eigenvalue weighted by Crippen LogP contribution is -2.02. The van der Waals surface area contributed by atoms with Gasteiger partial charge in [-0.3, -0.25) is 4.68 Å². The maximum Gasteiger partial charge on any atom is 0.136 e. The van der Waals surface area contributed by atoms with E-state index in [1.54, 1.807) is 7.05 Å². The van der Waals surface area contributed by atoms with Crippen molar-refractivity contribution >= 4 is 21.7 Å². The van der Waals surface area contributed by atoms with Gasteiger partial charge in [-0.05, 0) is 24.5 Å². The number of aryl methyl sites for hydroxylation is 1. The molecule has 108 valence electrons. The molecular formula is C14H16BrF2N3. The van der Waals surface area contributed by atoms with Crippen molar-refractivity contribution in [2.75, 3.05) is 5.73 Å². The van der Waals surface area contributed by atoms with Gasteiger partial charge in [0, 0.05) is 17.1 Å². The highest BCUT2D eigenvalue weighted by atomic mass is 79.9. The summed E-state index contributed by atoms with van der Waals surface area (Å²) >= 11 is 3.07. The zero-order valence-corrected chi connectivity index (χ0v) is 13.1. The van der Waals surface area contributed by atoms with Gasteiger partial charge in [0.1, 0.15) is 23.1 Å². The zero-order chi connectivity index (χ0) is 15.0. The summed E-state index contributed by atoms with van der Waals surface area (Å²) in [6.07, 6.45) is 0.615. The fourth-order valence-corrected chi connectivity index (χ4v) is 2.56. The smallest absolute Gasteiger partial charge is 0.136 e. The minimum Gasteiger partial charge on any atom is -0.384 e. The van der Waals surface area contributed by atoms with Crippen LogP contribution in [0.1, 0.15) is 19.4 Å². The van der Waals surface area contributed by atoms with E-state index in [1.165, 1.54) is 16.8 Å². The summed E-state index contributed by atoms with van der Waals surface area (Å²) in [6.45, 7) is 4.04. The topological polar surface area (TPSA) is 43.8 Å². The molecule has 0 bridgehead atoms. The molecule has 0 saturated heterocycles. The van der Waals surface area contributed by atoms with Crippen LogP contribution in [-0.2, 0) is 13.5 Å².